The van der Waals surface area contributed by atoms with Crippen molar-refractivity contribution >= 4 is 15.9 Å². The first-order valence-corrected chi connectivity index (χ1v) is 12.3. The molecule has 1 aliphatic rings. The maximum Gasteiger partial charge on any atom is 0.238 e. The Morgan fingerprint density at radius 1 is 0.903 bits per heavy atom. The fourth-order valence-corrected chi connectivity index (χ4v) is 4.30. The minimum Gasteiger partial charge on any atom is -0.356 e. The number of carbonyl (C=O) groups excluding carboxylic acids is 1. The summed E-state index contributed by atoms with van der Waals surface area (Å²) in [6, 6.07) is 17.0. The van der Waals surface area contributed by atoms with E-state index in [4.69, 9.17) is 5.14 Å². The van der Waals surface area contributed by atoms with Gasteiger partial charge in [0.2, 0.25) is 15.9 Å². The average Bonchev–Trinajstić information content (AvgIpc) is 2.98. The average molecular weight is 445 g/mol. The topological polar surface area (TPSA) is 95.7 Å². The number of hydrogen-bond donors (Lipinski definition) is 2. The molecule has 168 valence electrons. The summed E-state index contributed by atoms with van der Waals surface area (Å²) in [6.07, 6.45) is 2.25. The second-order valence-corrected chi connectivity index (χ2v) is 9.56. The first kappa shape index (κ1) is 23.4. The normalized spacial score (nSPS) is 16.0. The van der Waals surface area contributed by atoms with Gasteiger partial charge in [0, 0.05) is 39.1 Å². The molecule has 3 N–H and O–H groups in total. The second kappa shape index (κ2) is 11.4. The second-order valence-electron chi connectivity index (χ2n) is 8.00. The first-order valence-electron chi connectivity index (χ1n) is 10.8. The summed E-state index contributed by atoms with van der Waals surface area (Å²) >= 11 is 0. The molecule has 1 amide bonds. The van der Waals surface area contributed by atoms with Gasteiger partial charge < -0.3 is 10.2 Å². The molecule has 0 unspecified atom stereocenters. The van der Waals surface area contributed by atoms with Gasteiger partial charge in [-0.2, -0.15) is 0 Å². The van der Waals surface area contributed by atoms with E-state index in [1.54, 1.807) is 12.1 Å². The Kier molecular flexibility index (Phi) is 8.60. The highest BCUT2D eigenvalue weighted by Gasteiger charge is 2.16. The molecule has 31 heavy (non-hydrogen) atoms. The van der Waals surface area contributed by atoms with Crippen molar-refractivity contribution in [1.82, 2.24) is 15.1 Å². The van der Waals surface area contributed by atoms with E-state index in [-0.39, 0.29) is 10.8 Å². The lowest BCUT2D eigenvalue weighted by molar-refractivity contribution is -0.121. The van der Waals surface area contributed by atoms with Crippen LogP contribution >= 0.6 is 0 Å². The molecule has 8 heteroatoms. The van der Waals surface area contributed by atoms with Gasteiger partial charge in [-0.05, 0) is 49.2 Å². The largest absolute Gasteiger partial charge is 0.356 e. The van der Waals surface area contributed by atoms with Crippen LogP contribution in [0.3, 0.4) is 0 Å². The molecule has 0 saturated carbocycles. The summed E-state index contributed by atoms with van der Waals surface area (Å²) in [7, 11) is -3.67. The smallest absolute Gasteiger partial charge is 0.238 e. The molecule has 1 heterocycles. The van der Waals surface area contributed by atoms with Crippen LogP contribution in [0.4, 0.5) is 0 Å². The highest BCUT2D eigenvalue weighted by molar-refractivity contribution is 7.89. The number of nitrogens with one attached hydrogen (secondary N) is 1. The van der Waals surface area contributed by atoms with Crippen LogP contribution in [-0.2, 0) is 27.8 Å². The Morgan fingerprint density at radius 3 is 2.29 bits per heavy atom. The SMILES string of the molecule is NS(=O)(=O)c1ccc(CCNC(=O)CCN2CCCN(Cc3ccccc3)CC2)cc1. The lowest BCUT2D eigenvalue weighted by atomic mass is 10.1. The van der Waals surface area contributed by atoms with Gasteiger partial charge in [0.1, 0.15) is 0 Å². The molecule has 0 aromatic heterocycles. The molecule has 1 saturated heterocycles. The Bertz CT molecular complexity index is 933. The summed E-state index contributed by atoms with van der Waals surface area (Å²) in [4.78, 5) is 17.2. The number of nitrogens with zero attached hydrogens (tertiary/aromatic N) is 2. The van der Waals surface area contributed by atoms with Gasteiger partial charge in [-0.3, -0.25) is 9.69 Å². The third-order valence-electron chi connectivity index (χ3n) is 5.57. The van der Waals surface area contributed by atoms with Gasteiger partial charge in [0.05, 0.1) is 4.90 Å². The lowest BCUT2D eigenvalue weighted by Gasteiger charge is -2.21. The van der Waals surface area contributed by atoms with Crippen molar-refractivity contribution in [2.45, 2.75) is 30.7 Å². The number of primary sulfonamides is 1. The maximum atomic E-state index is 12.2. The Balaban J connectivity index is 1.33. The Morgan fingerprint density at radius 2 is 1.58 bits per heavy atom. The summed E-state index contributed by atoms with van der Waals surface area (Å²) in [5.41, 5.74) is 2.30. The molecule has 2 aromatic rings. The minimum absolute atomic E-state index is 0.0477. The van der Waals surface area contributed by atoms with E-state index in [9.17, 15) is 13.2 Å². The summed E-state index contributed by atoms with van der Waals surface area (Å²) < 4.78 is 22.6. The van der Waals surface area contributed by atoms with Crippen LogP contribution in [0.5, 0.6) is 0 Å². The van der Waals surface area contributed by atoms with Crippen molar-refractivity contribution in [2.24, 2.45) is 5.14 Å². The fourth-order valence-electron chi connectivity index (χ4n) is 3.79. The number of amides is 1. The van der Waals surface area contributed by atoms with Gasteiger partial charge in [-0.1, -0.05) is 42.5 Å². The number of hydrogen-bond acceptors (Lipinski definition) is 5. The van der Waals surface area contributed by atoms with E-state index in [0.29, 0.717) is 19.4 Å². The van der Waals surface area contributed by atoms with E-state index >= 15 is 0 Å². The number of sulfonamides is 1. The predicted molar refractivity (Wildman–Crippen MR) is 122 cm³/mol. The molecular formula is C23H32N4O3S. The van der Waals surface area contributed by atoms with Crippen molar-refractivity contribution in [2.75, 3.05) is 39.3 Å². The molecule has 2 aromatic carbocycles. The molecule has 0 aliphatic carbocycles. The number of benzene rings is 2. The van der Waals surface area contributed by atoms with Crippen LogP contribution in [0.15, 0.2) is 59.5 Å². The molecule has 0 bridgehead atoms. The highest BCUT2D eigenvalue weighted by atomic mass is 32.2. The molecule has 3 rings (SSSR count). The molecule has 0 spiro atoms. The zero-order valence-corrected chi connectivity index (χ0v) is 18.7. The Labute approximate surface area is 185 Å². The number of nitrogens with two attached hydrogens (primary N) is 1. The van der Waals surface area contributed by atoms with Gasteiger partial charge in [-0.15, -0.1) is 0 Å². The lowest BCUT2D eigenvalue weighted by Crippen LogP contribution is -2.34. The van der Waals surface area contributed by atoms with Crippen LogP contribution in [0, 0.1) is 0 Å². The molecular weight excluding hydrogens is 412 g/mol. The van der Waals surface area contributed by atoms with Gasteiger partial charge >= 0.3 is 0 Å². The third-order valence-corrected chi connectivity index (χ3v) is 6.50. The van der Waals surface area contributed by atoms with Crippen molar-refractivity contribution in [3.63, 3.8) is 0 Å². The Hall–Kier alpha value is -2.26. The summed E-state index contributed by atoms with van der Waals surface area (Å²) in [5.74, 6) is 0.0477. The minimum atomic E-state index is -3.67. The predicted octanol–water partition coefficient (Wildman–Crippen LogP) is 1.59. The standard InChI is InChI=1S/C23H32N4O3S/c24-31(29,30)22-9-7-20(8-10-22)11-13-25-23(28)12-16-26-14-4-15-27(18-17-26)19-21-5-2-1-3-6-21/h1-3,5-10H,4,11-19H2,(H,25,28)(H2,24,29,30). The van der Waals surface area contributed by atoms with Crippen LogP contribution in [-0.4, -0.2) is 63.4 Å². The highest BCUT2D eigenvalue weighted by Crippen LogP contribution is 2.10. The van der Waals surface area contributed by atoms with Crippen LogP contribution in [0.25, 0.3) is 0 Å². The van der Waals surface area contributed by atoms with Gasteiger partial charge in [0.15, 0.2) is 0 Å². The van der Waals surface area contributed by atoms with Gasteiger partial charge in [0.25, 0.3) is 0 Å². The van der Waals surface area contributed by atoms with Crippen LogP contribution < -0.4 is 10.5 Å². The van der Waals surface area contributed by atoms with E-state index in [1.165, 1.54) is 17.7 Å². The van der Waals surface area contributed by atoms with Crippen molar-refractivity contribution in [3.05, 3.63) is 65.7 Å². The van der Waals surface area contributed by atoms with E-state index in [2.05, 4.69) is 39.4 Å². The van der Waals surface area contributed by atoms with Crippen molar-refractivity contribution in [3.8, 4) is 0 Å². The zero-order chi connectivity index (χ0) is 22.1. The summed E-state index contributed by atoms with van der Waals surface area (Å²) in [5, 5.41) is 8.06. The van der Waals surface area contributed by atoms with E-state index in [1.807, 2.05) is 6.07 Å². The molecule has 1 aliphatic heterocycles. The van der Waals surface area contributed by atoms with Crippen molar-refractivity contribution < 1.29 is 13.2 Å². The number of carbonyl (C=O) groups is 1. The quantitative estimate of drug-likeness (QED) is 0.612. The van der Waals surface area contributed by atoms with Crippen LogP contribution in [0.1, 0.15) is 24.0 Å². The van der Waals surface area contributed by atoms with Crippen LogP contribution in [0.2, 0.25) is 0 Å². The molecule has 0 radical (unpaired) electrons. The molecule has 7 nitrogen and oxygen atoms in total. The van der Waals surface area contributed by atoms with Gasteiger partial charge in [-0.25, -0.2) is 13.6 Å². The molecule has 1 fully saturated rings. The maximum absolute atomic E-state index is 12.2. The summed E-state index contributed by atoms with van der Waals surface area (Å²) in [6.45, 7) is 6.39. The monoisotopic (exact) mass is 444 g/mol. The number of rotatable bonds is 9. The third kappa shape index (κ3) is 8.06. The van der Waals surface area contributed by atoms with E-state index in [0.717, 1.165) is 51.3 Å². The zero-order valence-electron chi connectivity index (χ0n) is 17.9. The van der Waals surface area contributed by atoms with E-state index < -0.39 is 10.0 Å². The fraction of sp³-hybridized carbons (Fsp3) is 0.435. The molecule has 0 atom stereocenters. The van der Waals surface area contributed by atoms with Crippen molar-refractivity contribution in [1.29, 1.82) is 0 Å². The first-order chi connectivity index (χ1) is 14.9.